The molecule has 0 bridgehead atoms. The first-order valence-electron chi connectivity index (χ1n) is 5.23. The average molecular weight is 219 g/mol. The molecule has 1 aliphatic heterocycles. The second-order valence-corrected chi connectivity index (χ2v) is 3.89. The molecule has 0 radical (unpaired) electrons. The molecule has 0 aliphatic carbocycles. The monoisotopic (exact) mass is 219 g/mol. The first-order valence-corrected chi connectivity index (χ1v) is 5.23. The van der Waals surface area contributed by atoms with Gasteiger partial charge in [0.25, 0.3) is 0 Å². The Kier molecular flexibility index (Phi) is 2.90. The molecule has 0 spiro atoms. The smallest absolute Gasteiger partial charge is 0.318 e. The van der Waals surface area contributed by atoms with Gasteiger partial charge in [0.15, 0.2) is 0 Å². The van der Waals surface area contributed by atoms with Crippen LogP contribution in [0.25, 0.3) is 0 Å². The van der Waals surface area contributed by atoms with Crippen molar-refractivity contribution in [2.75, 3.05) is 5.32 Å². The van der Waals surface area contributed by atoms with E-state index in [1.165, 1.54) is 0 Å². The van der Waals surface area contributed by atoms with E-state index in [-0.39, 0.29) is 12.0 Å². The van der Waals surface area contributed by atoms with Crippen LogP contribution in [-0.2, 0) is 14.3 Å². The van der Waals surface area contributed by atoms with Crippen molar-refractivity contribution in [1.82, 2.24) is 0 Å². The predicted octanol–water partition coefficient (Wildman–Crippen LogP) is 1.58. The first kappa shape index (κ1) is 10.7. The van der Waals surface area contributed by atoms with Crippen molar-refractivity contribution < 1.29 is 14.3 Å². The second-order valence-electron chi connectivity index (χ2n) is 3.89. The van der Waals surface area contributed by atoms with Crippen LogP contribution in [0.5, 0.6) is 0 Å². The summed E-state index contributed by atoms with van der Waals surface area (Å²) >= 11 is 0. The Labute approximate surface area is 93.6 Å². The lowest BCUT2D eigenvalue weighted by Crippen LogP contribution is -2.26. The molecular formula is C12H13NO3. The van der Waals surface area contributed by atoms with Crippen molar-refractivity contribution in [3.63, 3.8) is 0 Å². The standard InChI is InChI=1S/C12H13NO3/c1-8-7-10(12(15)16-8)11(14)13-9-5-3-2-4-6-9/h2-6,8,10H,7H2,1H3,(H,13,14)/t8-,10-/m1/s1. The van der Waals surface area contributed by atoms with Gasteiger partial charge in [0.2, 0.25) is 5.91 Å². The van der Waals surface area contributed by atoms with Gasteiger partial charge in [-0.05, 0) is 19.1 Å². The molecule has 2 rings (SSSR count). The number of ether oxygens (including phenoxy) is 1. The number of cyclic esters (lactones) is 1. The average Bonchev–Trinajstić information content (AvgIpc) is 2.59. The van der Waals surface area contributed by atoms with E-state index in [1.807, 2.05) is 18.2 Å². The van der Waals surface area contributed by atoms with Gasteiger partial charge >= 0.3 is 5.97 Å². The van der Waals surface area contributed by atoms with Crippen LogP contribution in [-0.4, -0.2) is 18.0 Å². The lowest BCUT2D eigenvalue weighted by Gasteiger charge is -2.07. The number of carbonyl (C=O) groups is 2. The normalized spacial score (nSPS) is 23.9. The lowest BCUT2D eigenvalue weighted by molar-refractivity contribution is -0.145. The van der Waals surface area contributed by atoms with Gasteiger partial charge in [-0.2, -0.15) is 0 Å². The molecule has 84 valence electrons. The maximum Gasteiger partial charge on any atom is 0.318 e. The summed E-state index contributed by atoms with van der Waals surface area (Å²) in [6.07, 6.45) is 0.288. The minimum Gasteiger partial charge on any atom is -0.462 e. The third-order valence-corrected chi connectivity index (χ3v) is 2.53. The number of anilines is 1. The minimum absolute atomic E-state index is 0.168. The fourth-order valence-electron chi connectivity index (χ4n) is 1.72. The molecule has 0 aromatic heterocycles. The number of hydrogen-bond donors (Lipinski definition) is 1. The highest BCUT2D eigenvalue weighted by molar-refractivity contribution is 6.05. The molecule has 16 heavy (non-hydrogen) atoms. The number of amides is 1. The summed E-state index contributed by atoms with van der Waals surface area (Å²) in [6.45, 7) is 1.79. The van der Waals surface area contributed by atoms with E-state index < -0.39 is 11.9 Å². The number of hydrogen-bond acceptors (Lipinski definition) is 3. The molecular weight excluding hydrogens is 206 g/mol. The summed E-state index contributed by atoms with van der Waals surface area (Å²) in [7, 11) is 0. The number of esters is 1. The van der Waals surface area contributed by atoms with Crippen LogP contribution in [0, 0.1) is 5.92 Å². The number of nitrogens with one attached hydrogen (secondary N) is 1. The summed E-state index contributed by atoms with van der Waals surface area (Å²) in [6, 6.07) is 9.07. The molecule has 4 heteroatoms. The maximum absolute atomic E-state index is 11.8. The van der Waals surface area contributed by atoms with Gasteiger partial charge in [-0.25, -0.2) is 0 Å². The second kappa shape index (κ2) is 4.35. The number of rotatable bonds is 2. The van der Waals surface area contributed by atoms with Crippen molar-refractivity contribution in [3.05, 3.63) is 30.3 Å². The molecule has 1 heterocycles. The van der Waals surface area contributed by atoms with Crippen LogP contribution in [0.2, 0.25) is 0 Å². The predicted molar refractivity (Wildman–Crippen MR) is 58.7 cm³/mol. The van der Waals surface area contributed by atoms with E-state index in [1.54, 1.807) is 19.1 Å². The van der Waals surface area contributed by atoms with E-state index in [9.17, 15) is 9.59 Å². The fourth-order valence-corrected chi connectivity index (χ4v) is 1.72. The van der Waals surface area contributed by atoms with E-state index in [0.717, 1.165) is 0 Å². The van der Waals surface area contributed by atoms with Crippen molar-refractivity contribution in [2.24, 2.45) is 5.92 Å². The van der Waals surface area contributed by atoms with Crippen LogP contribution < -0.4 is 5.32 Å². The third kappa shape index (κ3) is 2.21. The number of benzene rings is 1. The van der Waals surface area contributed by atoms with Gasteiger partial charge in [0.05, 0.1) is 0 Å². The largest absolute Gasteiger partial charge is 0.462 e. The van der Waals surface area contributed by atoms with Crippen LogP contribution in [0.1, 0.15) is 13.3 Å². The zero-order valence-corrected chi connectivity index (χ0v) is 8.97. The lowest BCUT2D eigenvalue weighted by atomic mass is 10.0. The summed E-state index contributed by atoms with van der Waals surface area (Å²) in [5.74, 6) is -1.39. The zero-order valence-electron chi connectivity index (χ0n) is 8.97. The van der Waals surface area contributed by atoms with Gasteiger partial charge < -0.3 is 10.1 Å². The van der Waals surface area contributed by atoms with E-state index in [4.69, 9.17) is 4.74 Å². The van der Waals surface area contributed by atoms with E-state index in [2.05, 4.69) is 5.32 Å². The van der Waals surface area contributed by atoms with Gasteiger partial charge in [-0.3, -0.25) is 9.59 Å². The summed E-state index contributed by atoms with van der Waals surface area (Å²) < 4.78 is 4.93. The van der Waals surface area contributed by atoms with Crippen molar-refractivity contribution in [2.45, 2.75) is 19.4 Å². The van der Waals surface area contributed by atoms with Crippen LogP contribution in [0.4, 0.5) is 5.69 Å². The Morgan fingerprint density at radius 3 is 2.62 bits per heavy atom. The van der Waals surface area contributed by atoms with E-state index in [0.29, 0.717) is 12.1 Å². The van der Waals surface area contributed by atoms with Crippen LogP contribution in [0.15, 0.2) is 30.3 Å². The van der Waals surface area contributed by atoms with Crippen molar-refractivity contribution >= 4 is 17.6 Å². The zero-order chi connectivity index (χ0) is 11.5. The summed E-state index contributed by atoms with van der Waals surface area (Å²) in [4.78, 5) is 23.1. The highest BCUT2D eigenvalue weighted by Gasteiger charge is 2.37. The molecule has 1 N–H and O–H groups in total. The van der Waals surface area contributed by atoms with Crippen molar-refractivity contribution in [1.29, 1.82) is 0 Å². The summed E-state index contributed by atoms with van der Waals surface area (Å²) in [5.41, 5.74) is 0.694. The molecule has 1 aromatic carbocycles. The molecule has 1 saturated heterocycles. The Bertz CT molecular complexity index is 402. The van der Waals surface area contributed by atoms with Gasteiger partial charge in [0, 0.05) is 12.1 Å². The van der Waals surface area contributed by atoms with Gasteiger partial charge in [0.1, 0.15) is 12.0 Å². The van der Waals surface area contributed by atoms with E-state index >= 15 is 0 Å². The Morgan fingerprint density at radius 2 is 2.06 bits per heavy atom. The highest BCUT2D eigenvalue weighted by Crippen LogP contribution is 2.22. The summed E-state index contributed by atoms with van der Waals surface area (Å²) in [5, 5.41) is 2.70. The molecule has 0 unspecified atom stereocenters. The SMILES string of the molecule is C[C@@H]1C[C@H](C(=O)Nc2ccccc2)C(=O)O1. The molecule has 1 aliphatic rings. The fraction of sp³-hybridized carbons (Fsp3) is 0.333. The molecule has 0 saturated carbocycles. The molecule has 4 nitrogen and oxygen atoms in total. The Balaban J connectivity index is 2.01. The van der Waals surface area contributed by atoms with Gasteiger partial charge in [-0.15, -0.1) is 0 Å². The topological polar surface area (TPSA) is 55.4 Å². The number of carbonyl (C=O) groups excluding carboxylic acids is 2. The van der Waals surface area contributed by atoms with Crippen LogP contribution in [0.3, 0.4) is 0 Å². The Morgan fingerprint density at radius 1 is 1.38 bits per heavy atom. The minimum atomic E-state index is -0.671. The van der Waals surface area contributed by atoms with Crippen LogP contribution >= 0.6 is 0 Å². The van der Waals surface area contributed by atoms with Gasteiger partial charge in [-0.1, -0.05) is 18.2 Å². The number of para-hydroxylation sites is 1. The quantitative estimate of drug-likeness (QED) is 0.607. The molecule has 2 atom stereocenters. The molecule has 1 amide bonds. The molecule has 1 aromatic rings. The van der Waals surface area contributed by atoms with Crippen molar-refractivity contribution in [3.8, 4) is 0 Å². The third-order valence-electron chi connectivity index (χ3n) is 2.53. The highest BCUT2D eigenvalue weighted by atomic mass is 16.5. The molecule has 1 fully saturated rings. The maximum atomic E-state index is 11.8. The Hall–Kier alpha value is -1.84. The first-order chi connectivity index (χ1) is 7.66.